The predicted molar refractivity (Wildman–Crippen MR) is 109 cm³/mol. The molecule has 1 aliphatic heterocycles. The van der Waals surface area contributed by atoms with Crippen LogP contribution in [0.5, 0.6) is 0 Å². The first-order valence-electron chi connectivity index (χ1n) is 10.3. The van der Waals surface area contributed by atoms with E-state index >= 15 is 0 Å². The second-order valence-corrected chi connectivity index (χ2v) is 7.93. The van der Waals surface area contributed by atoms with Crippen molar-refractivity contribution in [1.82, 2.24) is 5.32 Å². The van der Waals surface area contributed by atoms with Crippen LogP contribution in [-0.2, 0) is 4.79 Å². The molecule has 1 aliphatic carbocycles. The number of anilines is 2. The molecule has 0 bridgehead atoms. The zero-order valence-corrected chi connectivity index (χ0v) is 16.3. The smallest absolute Gasteiger partial charge is 0.250 e. The standard InChI is InChI=1S/C21H32N4O2/c1-15-7-3-4-8-18(15)24-20(26)14-23-19-10-9-16(13-17(19)21(22)27)25-11-5-2-6-12-25/h9-10,13,15,18,23H,2-8,11-12,14H2,1H3,(H2,22,27)(H,24,26). The van der Waals surface area contributed by atoms with Gasteiger partial charge in [0.15, 0.2) is 0 Å². The summed E-state index contributed by atoms with van der Waals surface area (Å²) < 4.78 is 0. The maximum absolute atomic E-state index is 12.3. The molecule has 6 nitrogen and oxygen atoms in total. The molecule has 1 heterocycles. The van der Waals surface area contributed by atoms with Crippen molar-refractivity contribution in [1.29, 1.82) is 0 Å². The quantitative estimate of drug-likeness (QED) is 0.716. The van der Waals surface area contributed by atoms with E-state index in [1.54, 1.807) is 0 Å². The van der Waals surface area contributed by atoms with Gasteiger partial charge < -0.3 is 21.3 Å². The number of carbonyl (C=O) groups excluding carboxylic acids is 2. The average Bonchev–Trinajstić information content (AvgIpc) is 2.68. The monoisotopic (exact) mass is 372 g/mol. The molecule has 4 N–H and O–H groups in total. The van der Waals surface area contributed by atoms with Crippen molar-refractivity contribution >= 4 is 23.2 Å². The summed E-state index contributed by atoms with van der Waals surface area (Å²) in [6.07, 6.45) is 8.24. The normalized spacial score (nSPS) is 22.9. The first-order chi connectivity index (χ1) is 13.0. The van der Waals surface area contributed by atoms with Gasteiger partial charge in [0, 0.05) is 30.5 Å². The van der Waals surface area contributed by atoms with Crippen LogP contribution in [0.2, 0.25) is 0 Å². The Balaban J connectivity index is 1.61. The maximum Gasteiger partial charge on any atom is 0.250 e. The number of amides is 2. The first kappa shape index (κ1) is 19.5. The summed E-state index contributed by atoms with van der Waals surface area (Å²) in [4.78, 5) is 26.5. The molecule has 2 unspecified atom stereocenters. The summed E-state index contributed by atoms with van der Waals surface area (Å²) in [6.45, 7) is 4.36. The molecule has 2 fully saturated rings. The van der Waals surface area contributed by atoms with Crippen LogP contribution in [0.15, 0.2) is 18.2 Å². The van der Waals surface area contributed by atoms with E-state index in [1.165, 1.54) is 38.5 Å². The third-order valence-electron chi connectivity index (χ3n) is 5.89. The number of hydrogen-bond donors (Lipinski definition) is 3. The molecule has 0 aromatic heterocycles. The number of nitrogens with one attached hydrogen (secondary N) is 2. The predicted octanol–water partition coefficient (Wildman–Crippen LogP) is 2.88. The SMILES string of the molecule is CC1CCCCC1NC(=O)CNc1ccc(N2CCCCC2)cc1C(N)=O. The Bertz CT molecular complexity index is 670. The zero-order chi connectivity index (χ0) is 19.2. The fourth-order valence-electron chi connectivity index (χ4n) is 4.20. The van der Waals surface area contributed by atoms with E-state index in [0.29, 0.717) is 17.2 Å². The molecule has 2 aliphatic rings. The highest BCUT2D eigenvalue weighted by Gasteiger charge is 2.23. The number of carbonyl (C=O) groups is 2. The van der Waals surface area contributed by atoms with Gasteiger partial charge in [-0.25, -0.2) is 0 Å². The van der Waals surface area contributed by atoms with Gasteiger partial charge in [-0.2, -0.15) is 0 Å². The molecule has 3 rings (SSSR count). The van der Waals surface area contributed by atoms with E-state index in [-0.39, 0.29) is 18.5 Å². The van der Waals surface area contributed by atoms with Gasteiger partial charge in [-0.15, -0.1) is 0 Å². The molecule has 27 heavy (non-hydrogen) atoms. The lowest BCUT2D eigenvalue weighted by molar-refractivity contribution is -0.120. The summed E-state index contributed by atoms with van der Waals surface area (Å²) in [5.74, 6) is 0.00894. The largest absolute Gasteiger partial charge is 0.376 e. The molecule has 2 amide bonds. The van der Waals surface area contributed by atoms with Crippen molar-refractivity contribution in [3.8, 4) is 0 Å². The summed E-state index contributed by atoms with van der Waals surface area (Å²) in [7, 11) is 0. The highest BCUT2D eigenvalue weighted by molar-refractivity contribution is 6.00. The van der Waals surface area contributed by atoms with E-state index in [0.717, 1.165) is 25.2 Å². The van der Waals surface area contributed by atoms with Gasteiger partial charge in [0.05, 0.1) is 12.1 Å². The number of nitrogens with two attached hydrogens (primary N) is 1. The fraction of sp³-hybridized carbons (Fsp3) is 0.619. The van der Waals surface area contributed by atoms with Gasteiger partial charge in [-0.3, -0.25) is 9.59 Å². The van der Waals surface area contributed by atoms with Crippen molar-refractivity contribution in [3.63, 3.8) is 0 Å². The van der Waals surface area contributed by atoms with Gasteiger partial charge in [-0.05, 0) is 56.2 Å². The lowest BCUT2D eigenvalue weighted by Crippen LogP contribution is -2.43. The van der Waals surface area contributed by atoms with Crippen LogP contribution in [-0.4, -0.2) is 37.5 Å². The molecular formula is C21H32N4O2. The van der Waals surface area contributed by atoms with Crippen LogP contribution < -0.4 is 21.3 Å². The molecule has 1 saturated heterocycles. The Morgan fingerprint density at radius 1 is 1.11 bits per heavy atom. The van der Waals surface area contributed by atoms with Crippen molar-refractivity contribution in [2.75, 3.05) is 29.9 Å². The third kappa shape index (κ3) is 5.15. The van der Waals surface area contributed by atoms with Gasteiger partial charge >= 0.3 is 0 Å². The highest BCUT2D eigenvalue weighted by Crippen LogP contribution is 2.26. The zero-order valence-electron chi connectivity index (χ0n) is 16.3. The average molecular weight is 373 g/mol. The van der Waals surface area contributed by atoms with Crippen molar-refractivity contribution in [3.05, 3.63) is 23.8 Å². The van der Waals surface area contributed by atoms with Gasteiger partial charge in [0.1, 0.15) is 0 Å². The molecule has 148 valence electrons. The molecule has 0 radical (unpaired) electrons. The Hall–Kier alpha value is -2.24. The van der Waals surface area contributed by atoms with E-state index < -0.39 is 5.91 Å². The van der Waals surface area contributed by atoms with Gasteiger partial charge in [-0.1, -0.05) is 19.8 Å². The molecule has 0 spiro atoms. The highest BCUT2D eigenvalue weighted by atomic mass is 16.2. The fourth-order valence-corrected chi connectivity index (χ4v) is 4.20. The Labute approximate surface area is 161 Å². The Morgan fingerprint density at radius 2 is 1.85 bits per heavy atom. The second-order valence-electron chi connectivity index (χ2n) is 7.93. The molecule has 6 heteroatoms. The first-order valence-corrected chi connectivity index (χ1v) is 10.3. The third-order valence-corrected chi connectivity index (χ3v) is 5.89. The van der Waals surface area contributed by atoms with E-state index in [9.17, 15) is 9.59 Å². The lowest BCUT2D eigenvalue weighted by Gasteiger charge is -2.30. The number of hydrogen-bond acceptors (Lipinski definition) is 4. The van der Waals surface area contributed by atoms with Crippen molar-refractivity contribution in [2.45, 2.75) is 57.9 Å². The number of primary amides is 1. The topological polar surface area (TPSA) is 87.5 Å². The van der Waals surface area contributed by atoms with Gasteiger partial charge in [0.2, 0.25) is 5.91 Å². The molecule has 1 saturated carbocycles. The van der Waals surface area contributed by atoms with Crippen LogP contribution in [0.3, 0.4) is 0 Å². The minimum absolute atomic E-state index is 0.0377. The minimum Gasteiger partial charge on any atom is -0.376 e. The number of benzene rings is 1. The van der Waals surface area contributed by atoms with Crippen molar-refractivity contribution in [2.24, 2.45) is 11.7 Å². The van der Waals surface area contributed by atoms with Crippen LogP contribution in [0.1, 0.15) is 62.2 Å². The van der Waals surface area contributed by atoms with E-state index in [2.05, 4.69) is 22.5 Å². The van der Waals surface area contributed by atoms with E-state index in [4.69, 9.17) is 5.73 Å². The van der Waals surface area contributed by atoms with E-state index in [1.807, 2.05) is 18.2 Å². The molecule has 1 aromatic rings. The second kappa shape index (κ2) is 9.11. The minimum atomic E-state index is -0.474. The summed E-state index contributed by atoms with van der Waals surface area (Å²) in [5.41, 5.74) is 7.67. The van der Waals surface area contributed by atoms with Gasteiger partial charge in [0.25, 0.3) is 5.91 Å². The molecule has 2 atom stereocenters. The Kier molecular flexibility index (Phi) is 6.58. The van der Waals surface area contributed by atoms with Crippen LogP contribution in [0.4, 0.5) is 11.4 Å². The number of rotatable bonds is 6. The van der Waals surface area contributed by atoms with Crippen LogP contribution >= 0.6 is 0 Å². The lowest BCUT2D eigenvalue weighted by atomic mass is 9.86. The van der Waals surface area contributed by atoms with Crippen molar-refractivity contribution < 1.29 is 9.59 Å². The maximum atomic E-state index is 12.3. The number of piperidine rings is 1. The number of nitrogens with zero attached hydrogens (tertiary/aromatic N) is 1. The molecule has 1 aromatic carbocycles. The molecular weight excluding hydrogens is 340 g/mol. The summed E-state index contributed by atoms with van der Waals surface area (Å²) >= 11 is 0. The van der Waals surface area contributed by atoms with Crippen LogP contribution in [0, 0.1) is 5.92 Å². The Morgan fingerprint density at radius 3 is 2.56 bits per heavy atom. The van der Waals surface area contributed by atoms with Crippen LogP contribution in [0.25, 0.3) is 0 Å². The summed E-state index contributed by atoms with van der Waals surface area (Å²) in [6, 6.07) is 5.96. The summed E-state index contributed by atoms with van der Waals surface area (Å²) in [5, 5.41) is 6.22.